The molecule has 0 spiro atoms. The second-order valence-electron chi connectivity index (χ2n) is 7.57. The molecule has 1 aromatic carbocycles. The number of hydrogen-bond acceptors (Lipinski definition) is 5. The van der Waals surface area contributed by atoms with Crippen LogP contribution in [0.4, 0.5) is 0 Å². The fraction of sp³-hybridized carbons (Fsp3) is 0.476. The Morgan fingerprint density at radius 2 is 2.14 bits per heavy atom. The second kappa shape index (κ2) is 8.92. The summed E-state index contributed by atoms with van der Waals surface area (Å²) >= 11 is 4.91. The SMILES string of the molecule is CCn1c(SCC(=O)N[C@H]2CCCC[C@@H]2C)nnc1-c1cc2cc(Br)ccc2o1. The minimum atomic E-state index is 0.0644. The normalized spacial score (nSPS) is 19.6. The number of carbonyl (C=O) groups is 1. The molecule has 0 radical (unpaired) electrons. The first-order valence-electron chi connectivity index (χ1n) is 10.1. The molecule has 8 heteroatoms. The van der Waals surface area contributed by atoms with Gasteiger partial charge in [-0.15, -0.1) is 10.2 Å². The number of amides is 1. The summed E-state index contributed by atoms with van der Waals surface area (Å²) in [6.45, 7) is 4.97. The van der Waals surface area contributed by atoms with Crippen molar-refractivity contribution in [3.8, 4) is 11.6 Å². The fourth-order valence-corrected chi connectivity index (χ4v) is 5.09. The average molecular weight is 477 g/mol. The Kier molecular flexibility index (Phi) is 6.29. The monoisotopic (exact) mass is 476 g/mol. The quantitative estimate of drug-likeness (QED) is 0.491. The van der Waals surface area contributed by atoms with Crippen LogP contribution in [0.25, 0.3) is 22.6 Å². The van der Waals surface area contributed by atoms with Crippen LogP contribution in [0, 0.1) is 5.92 Å². The van der Waals surface area contributed by atoms with Crippen molar-refractivity contribution in [2.45, 2.75) is 57.3 Å². The largest absolute Gasteiger partial charge is 0.453 e. The van der Waals surface area contributed by atoms with Gasteiger partial charge < -0.3 is 9.73 Å². The molecule has 1 fully saturated rings. The van der Waals surface area contributed by atoms with E-state index in [0.29, 0.717) is 35.8 Å². The van der Waals surface area contributed by atoms with E-state index in [4.69, 9.17) is 4.42 Å². The zero-order valence-corrected chi connectivity index (χ0v) is 19.1. The Balaban J connectivity index is 1.46. The number of fused-ring (bicyclic) bond motifs is 1. The third kappa shape index (κ3) is 4.53. The van der Waals surface area contributed by atoms with E-state index in [9.17, 15) is 4.79 Å². The molecule has 1 N–H and O–H groups in total. The lowest BCUT2D eigenvalue weighted by atomic mass is 9.86. The molecule has 6 nitrogen and oxygen atoms in total. The van der Waals surface area contributed by atoms with Crippen LogP contribution in [-0.2, 0) is 11.3 Å². The van der Waals surface area contributed by atoms with Gasteiger partial charge in [-0.1, -0.05) is 47.5 Å². The lowest BCUT2D eigenvalue weighted by molar-refractivity contribution is -0.119. The van der Waals surface area contributed by atoms with Gasteiger partial charge in [-0.05, 0) is 49.9 Å². The molecule has 154 valence electrons. The highest BCUT2D eigenvalue weighted by Crippen LogP contribution is 2.31. The smallest absolute Gasteiger partial charge is 0.230 e. The summed E-state index contributed by atoms with van der Waals surface area (Å²) in [4.78, 5) is 12.4. The number of nitrogens with one attached hydrogen (secondary N) is 1. The molecule has 1 saturated carbocycles. The van der Waals surface area contributed by atoms with Crippen molar-refractivity contribution in [2.24, 2.45) is 5.92 Å². The minimum Gasteiger partial charge on any atom is -0.453 e. The molecule has 2 aromatic heterocycles. The summed E-state index contributed by atoms with van der Waals surface area (Å²) in [5.74, 6) is 2.32. The van der Waals surface area contributed by atoms with Gasteiger partial charge in [0, 0.05) is 22.4 Å². The molecule has 4 rings (SSSR count). The predicted molar refractivity (Wildman–Crippen MR) is 119 cm³/mol. The van der Waals surface area contributed by atoms with Gasteiger partial charge in [-0.2, -0.15) is 0 Å². The molecular weight excluding hydrogens is 452 g/mol. The number of aromatic nitrogens is 3. The van der Waals surface area contributed by atoms with Crippen LogP contribution in [0.1, 0.15) is 39.5 Å². The van der Waals surface area contributed by atoms with E-state index in [1.165, 1.54) is 31.0 Å². The van der Waals surface area contributed by atoms with Crippen LogP contribution in [-0.4, -0.2) is 32.5 Å². The maximum absolute atomic E-state index is 12.4. The molecule has 1 aliphatic carbocycles. The van der Waals surface area contributed by atoms with Gasteiger partial charge in [0.05, 0.1) is 5.75 Å². The molecule has 0 aliphatic heterocycles. The molecule has 1 amide bonds. The molecule has 1 aliphatic rings. The van der Waals surface area contributed by atoms with E-state index in [-0.39, 0.29) is 5.91 Å². The van der Waals surface area contributed by atoms with E-state index in [0.717, 1.165) is 27.0 Å². The number of carbonyl (C=O) groups excluding carboxylic acids is 1. The van der Waals surface area contributed by atoms with Crippen LogP contribution in [0.2, 0.25) is 0 Å². The maximum atomic E-state index is 12.4. The zero-order chi connectivity index (χ0) is 20.4. The van der Waals surface area contributed by atoms with Gasteiger partial charge >= 0.3 is 0 Å². The maximum Gasteiger partial charge on any atom is 0.230 e. The van der Waals surface area contributed by atoms with Crippen LogP contribution in [0.3, 0.4) is 0 Å². The van der Waals surface area contributed by atoms with Gasteiger partial charge in [0.25, 0.3) is 0 Å². The van der Waals surface area contributed by atoms with Gasteiger partial charge in [-0.25, -0.2) is 0 Å². The third-order valence-corrected chi connectivity index (χ3v) is 6.98. The van der Waals surface area contributed by atoms with Crippen molar-refractivity contribution in [3.05, 3.63) is 28.7 Å². The molecular formula is C21H25BrN4O2S. The molecule has 2 atom stereocenters. The number of benzene rings is 1. The molecule has 3 aromatic rings. The molecule has 29 heavy (non-hydrogen) atoms. The third-order valence-electron chi connectivity index (χ3n) is 5.52. The number of furan rings is 1. The molecule has 0 unspecified atom stereocenters. The summed E-state index contributed by atoms with van der Waals surface area (Å²) < 4.78 is 8.97. The van der Waals surface area contributed by atoms with Gasteiger partial charge in [0.2, 0.25) is 11.7 Å². The summed E-state index contributed by atoms with van der Waals surface area (Å²) in [5, 5.41) is 13.6. The second-order valence-corrected chi connectivity index (χ2v) is 9.43. The first-order chi connectivity index (χ1) is 14.0. The Labute approximate surface area is 183 Å². The Bertz CT molecular complexity index is 1020. The Morgan fingerprint density at radius 3 is 2.93 bits per heavy atom. The lowest BCUT2D eigenvalue weighted by Gasteiger charge is -2.29. The van der Waals surface area contributed by atoms with Crippen LogP contribution in [0.15, 0.2) is 38.3 Å². The van der Waals surface area contributed by atoms with Crippen molar-refractivity contribution in [2.75, 3.05) is 5.75 Å². The number of halogens is 1. The van der Waals surface area contributed by atoms with E-state index in [2.05, 4.69) is 38.4 Å². The van der Waals surface area contributed by atoms with E-state index in [1.807, 2.05) is 35.8 Å². The highest BCUT2D eigenvalue weighted by Gasteiger charge is 2.23. The minimum absolute atomic E-state index is 0.0644. The van der Waals surface area contributed by atoms with Gasteiger partial charge in [0.1, 0.15) is 5.58 Å². The Hall–Kier alpha value is -1.80. The number of hydrogen-bond donors (Lipinski definition) is 1. The fourth-order valence-electron chi connectivity index (χ4n) is 3.90. The predicted octanol–water partition coefficient (Wildman–Crippen LogP) is 5.26. The summed E-state index contributed by atoms with van der Waals surface area (Å²) in [5.41, 5.74) is 0.809. The zero-order valence-electron chi connectivity index (χ0n) is 16.7. The topological polar surface area (TPSA) is 73.0 Å². The van der Waals surface area contributed by atoms with Crippen LogP contribution >= 0.6 is 27.7 Å². The van der Waals surface area contributed by atoms with E-state index >= 15 is 0 Å². The summed E-state index contributed by atoms with van der Waals surface area (Å²) in [6, 6.07) is 8.17. The van der Waals surface area contributed by atoms with Crippen molar-refractivity contribution in [1.82, 2.24) is 20.1 Å². The van der Waals surface area contributed by atoms with Gasteiger partial charge in [-0.3, -0.25) is 9.36 Å². The Morgan fingerprint density at radius 1 is 1.31 bits per heavy atom. The number of rotatable bonds is 6. The van der Waals surface area contributed by atoms with Crippen molar-refractivity contribution in [1.29, 1.82) is 0 Å². The highest BCUT2D eigenvalue weighted by atomic mass is 79.9. The van der Waals surface area contributed by atoms with Crippen molar-refractivity contribution in [3.63, 3.8) is 0 Å². The standard InChI is InChI=1S/C21H25BrN4O2S/c1-3-26-20(18-11-14-10-15(22)8-9-17(14)28-18)24-25-21(26)29-12-19(27)23-16-7-5-4-6-13(16)2/h8-11,13,16H,3-7,12H2,1-2H3,(H,23,27)/t13-,16-/m0/s1. The van der Waals surface area contributed by atoms with Crippen LogP contribution in [0.5, 0.6) is 0 Å². The first kappa shape index (κ1) is 20.5. The van der Waals surface area contributed by atoms with E-state index < -0.39 is 0 Å². The lowest BCUT2D eigenvalue weighted by Crippen LogP contribution is -2.41. The number of thioether (sulfide) groups is 1. The molecule has 0 saturated heterocycles. The van der Waals surface area contributed by atoms with E-state index in [1.54, 1.807) is 0 Å². The molecule has 0 bridgehead atoms. The summed E-state index contributed by atoms with van der Waals surface area (Å²) in [6.07, 6.45) is 4.74. The van der Waals surface area contributed by atoms with Crippen molar-refractivity contribution >= 4 is 44.6 Å². The summed E-state index contributed by atoms with van der Waals surface area (Å²) in [7, 11) is 0. The first-order valence-corrected chi connectivity index (χ1v) is 11.9. The van der Waals surface area contributed by atoms with Crippen molar-refractivity contribution < 1.29 is 9.21 Å². The average Bonchev–Trinajstić information content (AvgIpc) is 3.31. The van der Waals surface area contributed by atoms with Gasteiger partial charge in [0.15, 0.2) is 10.9 Å². The molecule has 2 heterocycles. The van der Waals surface area contributed by atoms with Crippen LogP contribution < -0.4 is 5.32 Å². The highest BCUT2D eigenvalue weighted by molar-refractivity contribution is 9.10. The number of nitrogens with zero attached hydrogens (tertiary/aromatic N) is 3.